The molecule has 0 radical (unpaired) electrons. The van der Waals surface area contributed by atoms with Crippen LogP contribution in [0.5, 0.6) is 0 Å². The molecule has 1 spiro atoms. The highest BCUT2D eigenvalue weighted by atomic mass is 28.4. The first-order valence-corrected chi connectivity index (χ1v) is 28.0. The summed E-state index contributed by atoms with van der Waals surface area (Å²) < 4.78 is 20.6. The highest BCUT2D eigenvalue weighted by molar-refractivity contribution is 6.74. The predicted molar refractivity (Wildman–Crippen MR) is 205 cm³/mol. The zero-order chi connectivity index (χ0) is 34.1. The Hall–Kier alpha value is 0.0106. The second-order valence-corrected chi connectivity index (χ2v) is 34.2. The van der Waals surface area contributed by atoms with E-state index in [1.165, 1.54) is 64.2 Å². The van der Waals surface area contributed by atoms with Crippen LogP contribution in [-0.2, 0) is 13.3 Å². The summed E-state index contributed by atoms with van der Waals surface area (Å²) in [6, 6.07) is 0. The molecule has 3 aliphatic carbocycles. The Kier molecular flexibility index (Phi) is 12.7. The number of allylic oxidation sites excluding steroid dienone is 3. The van der Waals surface area contributed by atoms with Gasteiger partial charge in [-0.15, -0.1) is 0 Å². The number of rotatable bonds is 11. The van der Waals surface area contributed by atoms with Crippen molar-refractivity contribution < 1.29 is 13.3 Å². The summed E-state index contributed by atoms with van der Waals surface area (Å²) in [5.74, 6) is 0.908. The summed E-state index contributed by atoms with van der Waals surface area (Å²) in [5, 5.41) is 0.444. The van der Waals surface area contributed by atoms with E-state index < -0.39 is 25.0 Å². The van der Waals surface area contributed by atoms with Crippen LogP contribution in [0.25, 0.3) is 0 Å². The summed E-state index contributed by atoms with van der Waals surface area (Å²) >= 11 is 0. The first-order valence-electron chi connectivity index (χ1n) is 18.7. The van der Waals surface area contributed by atoms with Crippen LogP contribution in [0, 0.1) is 11.3 Å². The lowest BCUT2D eigenvalue weighted by molar-refractivity contribution is 0.0725. The summed E-state index contributed by atoms with van der Waals surface area (Å²) in [6.07, 6.45) is 22.4. The first kappa shape index (κ1) is 39.4. The van der Waals surface area contributed by atoms with Gasteiger partial charge in [-0.1, -0.05) is 77.7 Å². The van der Waals surface area contributed by atoms with E-state index in [9.17, 15) is 0 Å². The molecule has 0 heterocycles. The summed E-state index contributed by atoms with van der Waals surface area (Å²) in [4.78, 5) is 0. The van der Waals surface area contributed by atoms with E-state index in [2.05, 4.69) is 113 Å². The minimum absolute atomic E-state index is 0.0254. The van der Waals surface area contributed by atoms with E-state index in [0.29, 0.717) is 5.41 Å². The van der Waals surface area contributed by atoms with Crippen molar-refractivity contribution in [2.75, 3.05) is 0 Å². The molecular weight excluding hydrogens is 601 g/mol. The average Bonchev–Trinajstić information content (AvgIpc) is 3.20. The standard InChI is InChI=1S/C39H76O3Si3/c1-36(2,3)44(12,13)40-34-26-33(27-35(28-34)41-45(14,15)37(4,5)6)21-20-31-19-17-24-39(29-31)25-22-32(30-39)18-16-23-38(7,8)42-43(9,10)11/h20-21,32,34-35H,16-19,22-30H2,1-15H3/t32-,34+,35+,39-/m0/s1. The van der Waals surface area contributed by atoms with Crippen LogP contribution < -0.4 is 0 Å². The minimum atomic E-state index is -1.85. The van der Waals surface area contributed by atoms with Gasteiger partial charge in [-0.25, -0.2) is 0 Å². The molecule has 3 fully saturated rings. The Bertz CT molecular complexity index is 999. The van der Waals surface area contributed by atoms with Crippen LogP contribution in [0.4, 0.5) is 0 Å². The molecule has 4 atom stereocenters. The molecule has 6 heteroatoms. The molecule has 3 aliphatic rings. The third-order valence-electron chi connectivity index (χ3n) is 12.2. The quantitative estimate of drug-likeness (QED) is 0.204. The minimum Gasteiger partial charge on any atom is -0.414 e. The van der Waals surface area contributed by atoms with Gasteiger partial charge >= 0.3 is 0 Å². The molecule has 0 bridgehead atoms. The monoisotopic (exact) mass is 677 g/mol. The second kappa shape index (κ2) is 14.5. The molecule has 0 aliphatic heterocycles. The van der Waals surface area contributed by atoms with E-state index in [1.54, 1.807) is 11.1 Å². The zero-order valence-corrected chi connectivity index (χ0v) is 35.8. The molecule has 0 amide bonds. The molecule has 0 unspecified atom stereocenters. The molecule has 0 aromatic carbocycles. The Morgan fingerprint density at radius 3 is 1.80 bits per heavy atom. The van der Waals surface area contributed by atoms with Crippen LogP contribution in [0.2, 0.25) is 55.9 Å². The maximum atomic E-state index is 7.07. The van der Waals surface area contributed by atoms with Crippen molar-refractivity contribution in [2.45, 2.75) is 213 Å². The molecule has 0 N–H and O–H groups in total. The fraction of sp³-hybridized carbons (Fsp3) is 0.897. The van der Waals surface area contributed by atoms with Crippen molar-refractivity contribution in [3.05, 3.63) is 23.3 Å². The van der Waals surface area contributed by atoms with Gasteiger partial charge in [0, 0.05) is 0 Å². The fourth-order valence-corrected chi connectivity index (χ4v) is 12.5. The molecular formula is C39H76O3Si3. The van der Waals surface area contributed by atoms with E-state index in [4.69, 9.17) is 13.3 Å². The molecule has 0 aromatic heterocycles. The highest BCUT2D eigenvalue weighted by Crippen LogP contribution is 2.54. The molecule has 262 valence electrons. The Morgan fingerprint density at radius 1 is 0.756 bits per heavy atom. The van der Waals surface area contributed by atoms with E-state index in [0.717, 1.165) is 25.2 Å². The topological polar surface area (TPSA) is 27.7 Å². The van der Waals surface area contributed by atoms with E-state index in [-0.39, 0.29) is 27.9 Å². The molecule has 3 nitrogen and oxygen atoms in total. The van der Waals surface area contributed by atoms with Crippen molar-refractivity contribution in [3.8, 4) is 0 Å². The van der Waals surface area contributed by atoms with Gasteiger partial charge in [0.15, 0.2) is 25.0 Å². The van der Waals surface area contributed by atoms with Crippen molar-refractivity contribution in [1.29, 1.82) is 0 Å². The van der Waals surface area contributed by atoms with Gasteiger partial charge < -0.3 is 13.3 Å². The number of hydrogen-bond acceptors (Lipinski definition) is 3. The highest BCUT2D eigenvalue weighted by Gasteiger charge is 2.44. The van der Waals surface area contributed by atoms with Gasteiger partial charge in [0.1, 0.15) is 0 Å². The Morgan fingerprint density at radius 2 is 1.29 bits per heavy atom. The molecule has 45 heavy (non-hydrogen) atoms. The number of hydrogen-bond donors (Lipinski definition) is 0. The van der Waals surface area contributed by atoms with Crippen molar-refractivity contribution >= 4 is 25.0 Å². The lowest BCUT2D eigenvalue weighted by atomic mass is 9.70. The van der Waals surface area contributed by atoms with Crippen molar-refractivity contribution in [2.24, 2.45) is 11.3 Å². The van der Waals surface area contributed by atoms with Gasteiger partial charge in [-0.05, 0) is 152 Å². The normalized spacial score (nSPS) is 28.7. The average molecular weight is 677 g/mol. The largest absolute Gasteiger partial charge is 0.414 e. The van der Waals surface area contributed by atoms with Gasteiger partial charge in [-0.2, -0.15) is 0 Å². The summed E-state index contributed by atoms with van der Waals surface area (Å²) in [5.41, 5.74) is 3.84. The van der Waals surface area contributed by atoms with E-state index >= 15 is 0 Å². The summed E-state index contributed by atoms with van der Waals surface area (Å²) in [7, 11) is -5.21. The van der Waals surface area contributed by atoms with E-state index in [1.807, 2.05) is 0 Å². The van der Waals surface area contributed by atoms with Crippen LogP contribution in [0.3, 0.4) is 0 Å². The first-order chi connectivity index (χ1) is 20.3. The molecule has 3 rings (SSSR count). The smallest absolute Gasteiger partial charge is 0.192 e. The van der Waals surface area contributed by atoms with Gasteiger partial charge in [0.25, 0.3) is 0 Å². The van der Waals surface area contributed by atoms with Gasteiger partial charge in [-0.3, -0.25) is 0 Å². The van der Waals surface area contributed by atoms with Crippen molar-refractivity contribution in [1.82, 2.24) is 0 Å². The third-order valence-corrected chi connectivity index (χ3v) is 22.4. The Labute approximate surface area is 284 Å². The van der Waals surface area contributed by atoms with Gasteiger partial charge in [0.05, 0.1) is 17.8 Å². The molecule has 0 saturated heterocycles. The summed E-state index contributed by atoms with van der Waals surface area (Å²) in [6.45, 7) is 35.4. The maximum Gasteiger partial charge on any atom is 0.192 e. The SMILES string of the molecule is CC(C)(CCC[C@H]1CC[C@]2(CCCC(=CC=C3C[C@@H](O[Si](C)(C)C(C)(C)C)C[C@H](O[Si](C)(C)C(C)(C)C)C3)C2)C1)O[Si](C)(C)C. The zero-order valence-electron chi connectivity index (χ0n) is 32.8. The van der Waals surface area contributed by atoms with Crippen LogP contribution >= 0.6 is 0 Å². The second-order valence-electron chi connectivity index (χ2n) is 20.3. The fourth-order valence-electron chi connectivity index (χ4n) is 8.01. The van der Waals surface area contributed by atoms with Crippen molar-refractivity contribution in [3.63, 3.8) is 0 Å². The van der Waals surface area contributed by atoms with Crippen LogP contribution in [0.15, 0.2) is 23.3 Å². The molecule has 0 aromatic rings. The molecule has 3 saturated carbocycles. The lowest BCUT2D eigenvalue weighted by Crippen LogP contribution is -2.48. The Balaban J connectivity index is 1.67. The maximum absolute atomic E-state index is 7.07. The lowest BCUT2D eigenvalue weighted by Gasteiger charge is -2.45. The van der Waals surface area contributed by atoms with Crippen LogP contribution in [0.1, 0.15) is 139 Å². The third kappa shape index (κ3) is 11.8. The van der Waals surface area contributed by atoms with Crippen LogP contribution in [-0.4, -0.2) is 42.8 Å². The predicted octanol–water partition coefficient (Wildman–Crippen LogP) is 13.0. The van der Waals surface area contributed by atoms with Gasteiger partial charge in [0.2, 0.25) is 0 Å².